The van der Waals surface area contributed by atoms with Crippen molar-refractivity contribution in [1.29, 1.82) is 0 Å². The molecule has 30 heavy (non-hydrogen) atoms. The zero-order valence-corrected chi connectivity index (χ0v) is 18.0. The van der Waals surface area contributed by atoms with Crippen molar-refractivity contribution in [2.45, 2.75) is 45.8 Å². The average molecular weight is 412 g/mol. The molecule has 0 fully saturated rings. The van der Waals surface area contributed by atoms with Crippen LogP contribution in [0.15, 0.2) is 41.8 Å². The Labute approximate surface area is 177 Å². The summed E-state index contributed by atoms with van der Waals surface area (Å²) in [7, 11) is 1.68. The van der Waals surface area contributed by atoms with Gasteiger partial charge in [-0.15, -0.1) is 0 Å². The SMILES string of the molecule is COC1=CC=C(CN2CC(=O)Nc3ncc(/C=C/C(=O)OC(C)(C)C)cc3C2)CC1. The average Bonchev–Trinajstić information content (AvgIpc) is 2.82. The molecule has 1 aliphatic carbocycles. The van der Waals surface area contributed by atoms with Crippen LogP contribution >= 0.6 is 0 Å². The lowest BCUT2D eigenvalue weighted by Gasteiger charge is -2.22. The number of pyridine rings is 1. The highest BCUT2D eigenvalue weighted by Crippen LogP contribution is 2.24. The van der Waals surface area contributed by atoms with E-state index in [1.54, 1.807) is 19.4 Å². The summed E-state index contributed by atoms with van der Waals surface area (Å²) in [4.78, 5) is 30.7. The van der Waals surface area contributed by atoms with Gasteiger partial charge < -0.3 is 14.8 Å². The van der Waals surface area contributed by atoms with Gasteiger partial charge in [-0.2, -0.15) is 0 Å². The Hall–Kier alpha value is -2.93. The predicted octanol–water partition coefficient (Wildman–Crippen LogP) is 3.44. The molecule has 1 aromatic heterocycles. The first-order valence-corrected chi connectivity index (χ1v) is 10.1. The summed E-state index contributed by atoms with van der Waals surface area (Å²) < 4.78 is 10.6. The Morgan fingerprint density at radius 2 is 2.07 bits per heavy atom. The lowest BCUT2D eigenvalue weighted by atomic mass is 10.0. The quantitative estimate of drug-likeness (QED) is 0.591. The van der Waals surface area contributed by atoms with Crippen LogP contribution in [0.3, 0.4) is 0 Å². The van der Waals surface area contributed by atoms with Gasteiger partial charge in [-0.1, -0.05) is 11.6 Å². The van der Waals surface area contributed by atoms with Crippen LogP contribution in [0.4, 0.5) is 5.82 Å². The molecule has 160 valence electrons. The second-order valence-corrected chi connectivity index (χ2v) is 8.50. The number of nitrogens with one attached hydrogen (secondary N) is 1. The van der Waals surface area contributed by atoms with Gasteiger partial charge in [-0.25, -0.2) is 9.78 Å². The van der Waals surface area contributed by atoms with E-state index in [-0.39, 0.29) is 5.91 Å². The second kappa shape index (κ2) is 9.26. The van der Waals surface area contributed by atoms with E-state index < -0.39 is 11.6 Å². The third-order valence-corrected chi connectivity index (χ3v) is 4.71. The Kier molecular flexibility index (Phi) is 6.72. The summed E-state index contributed by atoms with van der Waals surface area (Å²) in [6.07, 6.45) is 10.6. The molecule has 0 unspecified atom stereocenters. The normalized spacial score (nSPS) is 17.5. The monoisotopic (exact) mass is 411 g/mol. The molecule has 1 N–H and O–H groups in total. The number of hydrogen-bond donors (Lipinski definition) is 1. The molecule has 0 atom stereocenters. The maximum absolute atomic E-state index is 12.3. The predicted molar refractivity (Wildman–Crippen MR) is 115 cm³/mol. The van der Waals surface area contributed by atoms with Crippen molar-refractivity contribution in [2.24, 2.45) is 0 Å². The molecule has 1 aromatic rings. The number of fused-ring (bicyclic) bond motifs is 1. The minimum Gasteiger partial charge on any atom is -0.501 e. The van der Waals surface area contributed by atoms with Gasteiger partial charge in [0, 0.05) is 37.3 Å². The summed E-state index contributed by atoms with van der Waals surface area (Å²) in [6, 6.07) is 1.94. The maximum Gasteiger partial charge on any atom is 0.331 e. The molecule has 0 saturated carbocycles. The number of esters is 1. The van der Waals surface area contributed by atoms with Crippen molar-refractivity contribution in [2.75, 3.05) is 25.5 Å². The molecule has 0 aromatic carbocycles. The number of rotatable bonds is 5. The van der Waals surface area contributed by atoms with Crippen molar-refractivity contribution >= 4 is 23.8 Å². The summed E-state index contributed by atoms with van der Waals surface area (Å²) >= 11 is 0. The van der Waals surface area contributed by atoms with Gasteiger partial charge in [0.25, 0.3) is 0 Å². The van der Waals surface area contributed by atoms with Gasteiger partial charge >= 0.3 is 5.97 Å². The minimum atomic E-state index is -0.536. The maximum atomic E-state index is 12.3. The fourth-order valence-electron chi connectivity index (χ4n) is 3.39. The molecule has 0 radical (unpaired) electrons. The fourth-order valence-corrected chi connectivity index (χ4v) is 3.39. The van der Waals surface area contributed by atoms with Crippen molar-refractivity contribution in [3.05, 3.63) is 53.0 Å². The highest BCUT2D eigenvalue weighted by Gasteiger charge is 2.22. The van der Waals surface area contributed by atoms with Gasteiger partial charge in [0.1, 0.15) is 11.4 Å². The summed E-state index contributed by atoms with van der Waals surface area (Å²) in [5, 5.41) is 2.87. The van der Waals surface area contributed by atoms with Gasteiger partial charge in [0.2, 0.25) is 5.91 Å². The largest absolute Gasteiger partial charge is 0.501 e. The Morgan fingerprint density at radius 3 is 2.73 bits per heavy atom. The molecule has 0 bridgehead atoms. The molecule has 1 aliphatic heterocycles. The lowest BCUT2D eigenvalue weighted by Crippen LogP contribution is -2.31. The van der Waals surface area contributed by atoms with Crippen LogP contribution in [0.5, 0.6) is 0 Å². The Bertz CT molecular complexity index is 910. The van der Waals surface area contributed by atoms with E-state index in [4.69, 9.17) is 9.47 Å². The number of hydrogen-bond acceptors (Lipinski definition) is 6. The van der Waals surface area contributed by atoms with Crippen molar-refractivity contribution < 1.29 is 19.1 Å². The number of amides is 1. The van der Waals surface area contributed by atoms with Crippen LogP contribution in [-0.4, -0.2) is 47.6 Å². The highest BCUT2D eigenvalue weighted by molar-refractivity contribution is 5.93. The van der Waals surface area contributed by atoms with Crippen LogP contribution < -0.4 is 5.32 Å². The molecule has 7 nitrogen and oxygen atoms in total. The summed E-state index contributed by atoms with van der Waals surface area (Å²) in [5.74, 6) is 1.06. The Morgan fingerprint density at radius 1 is 1.27 bits per heavy atom. The second-order valence-electron chi connectivity index (χ2n) is 8.50. The number of carbonyl (C=O) groups excluding carboxylic acids is 2. The van der Waals surface area contributed by atoms with E-state index in [1.807, 2.05) is 32.9 Å². The number of methoxy groups -OCH3 is 1. The van der Waals surface area contributed by atoms with Crippen molar-refractivity contribution in [3.8, 4) is 0 Å². The molecule has 0 spiro atoms. The van der Waals surface area contributed by atoms with Crippen LogP contribution in [0.2, 0.25) is 0 Å². The highest BCUT2D eigenvalue weighted by atomic mass is 16.6. The zero-order valence-electron chi connectivity index (χ0n) is 18.0. The van der Waals surface area contributed by atoms with Gasteiger partial charge in [-0.05, 0) is 51.0 Å². The molecule has 7 heteroatoms. The number of anilines is 1. The molecule has 3 rings (SSSR count). The van der Waals surface area contributed by atoms with Crippen molar-refractivity contribution in [1.82, 2.24) is 9.88 Å². The van der Waals surface area contributed by atoms with Gasteiger partial charge in [0.05, 0.1) is 19.4 Å². The van der Waals surface area contributed by atoms with E-state index in [0.29, 0.717) is 25.5 Å². The number of nitrogens with zero attached hydrogens (tertiary/aromatic N) is 2. The molecule has 2 aliphatic rings. The van der Waals surface area contributed by atoms with Gasteiger partial charge in [0.15, 0.2) is 0 Å². The number of carbonyl (C=O) groups is 2. The van der Waals surface area contributed by atoms with Crippen LogP contribution in [-0.2, 0) is 25.6 Å². The van der Waals surface area contributed by atoms with E-state index in [1.165, 1.54) is 11.6 Å². The molecule has 0 saturated heterocycles. The number of aromatic nitrogens is 1. The standard InChI is InChI=1S/C23H29N3O4/c1-23(2,3)30-21(28)10-7-17-11-18-14-26(15-20(27)25-22(18)24-12-17)13-16-5-8-19(29-4)9-6-16/h5,7-8,10-12H,6,9,13-15H2,1-4H3,(H,24,25,27)/b10-7+. The summed E-state index contributed by atoms with van der Waals surface area (Å²) in [6.45, 7) is 7.08. The third kappa shape index (κ3) is 6.29. The van der Waals surface area contributed by atoms with Gasteiger partial charge in [-0.3, -0.25) is 9.69 Å². The minimum absolute atomic E-state index is 0.0807. The Balaban J connectivity index is 1.72. The molecule has 2 heterocycles. The fraction of sp³-hybridized carbons (Fsp3) is 0.435. The van der Waals surface area contributed by atoms with E-state index in [2.05, 4.69) is 21.3 Å². The smallest absolute Gasteiger partial charge is 0.331 e. The zero-order chi connectivity index (χ0) is 21.7. The van der Waals surface area contributed by atoms with Crippen LogP contribution in [0.25, 0.3) is 6.08 Å². The topological polar surface area (TPSA) is 80.8 Å². The van der Waals surface area contributed by atoms with E-state index >= 15 is 0 Å². The van der Waals surface area contributed by atoms with Crippen molar-refractivity contribution in [3.63, 3.8) is 0 Å². The number of ether oxygens (including phenoxy) is 2. The van der Waals surface area contributed by atoms with E-state index in [9.17, 15) is 9.59 Å². The van der Waals surface area contributed by atoms with Crippen LogP contribution in [0, 0.1) is 0 Å². The first kappa shape index (κ1) is 21.8. The first-order chi connectivity index (χ1) is 14.2. The van der Waals surface area contributed by atoms with E-state index in [0.717, 1.165) is 29.7 Å². The number of allylic oxidation sites excluding steroid dienone is 3. The van der Waals surface area contributed by atoms with Crippen LogP contribution in [0.1, 0.15) is 44.7 Å². The summed E-state index contributed by atoms with van der Waals surface area (Å²) in [5.41, 5.74) is 2.42. The molecule has 1 amide bonds. The third-order valence-electron chi connectivity index (χ3n) is 4.71. The molecular formula is C23H29N3O4. The first-order valence-electron chi connectivity index (χ1n) is 10.1. The lowest BCUT2D eigenvalue weighted by molar-refractivity contribution is -0.148. The molecular weight excluding hydrogens is 382 g/mol.